The van der Waals surface area contributed by atoms with E-state index in [2.05, 4.69) is 43.5 Å². The second-order valence-corrected chi connectivity index (χ2v) is 5.95. The van der Waals surface area contributed by atoms with Crippen molar-refractivity contribution in [3.63, 3.8) is 0 Å². The van der Waals surface area contributed by atoms with Gasteiger partial charge >= 0.3 is 0 Å². The van der Waals surface area contributed by atoms with Crippen LogP contribution in [0.25, 0.3) is 0 Å². The van der Waals surface area contributed by atoms with Crippen LogP contribution in [0.15, 0.2) is 22.7 Å². The molecule has 1 aromatic carbocycles. The zero-order valence-corrected chi connectivity index (χ0v) is 14.6. The Balaban J connectivity index is 2.35. The van der Waals surface area contributed by atoms with Crippen molar-refractivity contribution in [3.8, 4) is 0 Å². The molecule has 0 aliphatic rings. The number of nitrogens with one attached hydrogen (secondary N) is 2. The predicted molar refractivity (Wildman–Crippen MR) is 92.7 cm³/mol. The normalized spacial score (nSPS) is 10.5. The van der Waals surface area contributed by atoms with Crippen LogP contribution in [0, 0.1) is 13.8 Å². The average Bonchev–Trinajstić information content (AvgIpc) is 2.45. The van der Waals surface area contributed by atoms with Gasteiger partial charge in [0.1, 0.15) is 17.5 Å². The number of rotatable bonds is 5. The summed E-state index contributed by atoms with van der Waals surface area (Å²) in [6.07, 6.45) is 1.05. The van der Waals surface area contributed by atoms with E-state index in [0.717, 1.165) is 46.1 Å². The van der Waals surface area contributed by atoms with Gasteiger partial charge in [-0.3, -0.25) is 0 Å². The molecule has 0 spiro atoms. The Morgan fingerprint density at radius 3 is 2.62 bits per heavy atom. The average molecular weight is 370 g/mol. The monoisotopic (exact) mass is 368 g/mol. The first-order chi connectivity index (χ1) is 10.0. The van der Waals surface area contributed by atoms with Crippen LogP contribution < -0.4 is 10.6 Å². The molecule has 0 aliphatic carbocycles. The lowest BCUT2D eigenvalue weighted by Gasteiger charge is -2.15. The smallest absolute Gasteiger partial charge is 0.139 e. The van der Waals surface area contributed by atoms with Crippen LogP contribution in [0.1, 0.15) is 24.7 Å². The van der Waals surface area contributed by atoms with Crippen LogP contribution in [0.3, 0.4) is 0 Å². The van der Waals surface area contributed by atoms with Gasteiger partial charge in [-0.25, -0.2) is 9.97 Å². The Morgan fingerprint density at radius 1 is 1.19 bits per heavy atom. The Kier molecular flexibility index (Phi) is 5.42. The van der Waals surface area contributed by atoms with Gasteiger partial charge in [-0.2, -0.15) is 0 Å². The quantitative estimate of drug-likeness (QED) is 0.772. The maximum atomic E-state index is 6.12. The molecule has 1 aromatic heterocycles. The van der Waals surface area contributed by atoms with Crippen LogP contribution in [0.4, 0.5) is 17.3 Å². The molecular weight excluding hydrogens is 352 g/mol. The minimum Gasteiger partial charge on any atom is -0.370 e. The van der Waals surface area contributed by atoms with E-state index in [1.807, 2.05) is 32.0 Å². The first kappa shape index (κ1) is 16.0. The highest BCUT2D eigenvalue weighted by Gasteiger charge is 2.11. The molecule has 0 bridgehead atoms. The Bertz CT molecular complexity index is 646. The van der Waals surface area contributed by atoms with Crippen LogP contribution >= 0.6 is 27.5 Å². The molecule has 4 nitrogen and oxygen atoms in total. The second-order valence-electron chi connectivity index (χ2n) is 4.75. The summed E-state index contributed by atoms with van der Waals surface area (Å²) in [5, 5.41) is 7.30. The number of aromatic nitrogens is 2. The highest BCUT2D eigenvalue weighted by Crippen LogP contribution is 2.33. The van der Waals surface area contributed by atoms with Gasteiger partial charge in [0.05, 0.1) is 15.2 Å². The van der Waals surface area contributed by atoms with Gasteiger partial charge in [0.25, 0.3) is 0 Å². The maximum Gasteiger partial charge on any atom is 0.139 e. The van der Waals surface area contributed by atoms with Crippen molar-refractivity contribution >= 4 is 44.9 Å². The molecule has 0 radical (unpaired) electrons. The molecule has 21 heavy (non-hydrogen) atoms. The summed E-state index contributed by atoms with van der Waals surface area (Å²) in [5.41, 5.74) is 1.87. The van der Waals surface area contributed by atoms with Gasteiger partial charge in [-0.1, -0.05) is 24.6 Å². The molecule has 0 aliphatic heterocycles. The van der Waals surface area contributed by atoms with Crippen molar-refractivity contribution in [2.75, 3.05) is 17.2 Å². The molecule has 112 valence electrons. The molecule has 0 amide bonds. The van der Waals surface area contributed by atoms with Crippen LogP contribution in [-0.4, -0.2) is 16.5 Å². The number of hydrogen-bond donors (Lipinski definition) is 2. The first-order valence-electron chi connectivity index (χ1n) is 6.83. The highest BCUT2D eigenvalue weighted by molar-refractivity contribution is 9.10. The maximum absolute atomic E-state index is 6.12. The fraction of sp³-hybridized carbons (Fsp3) is 0.333. The third-order valence-corrected chi connectivity index (χ3v) is 4.40. The summed E-state index contributed by atoms with van der Waals surface area (Å²) < 4.78 is 0.824. The number of benzene rings is 1. The van der Waals surface area contributed by atoms with E-state index in [9.17, 15) is 0 Å². The summed E-state index contributed by atoms with van der Waals surface area (Å²) >= 11 is 9.61. The summed E-state index contributed by atoms with van der Waals surface area (Å²) in [6, 6.07) is 5.68. The van der Waals surface area contributed by atoms with E-state index in [-0.39, 0.29) is 0 Å². The van der Waals surface area contributed by atoms with E-state index in [1.165, 1.54) is 0 Å². The molecule has 2 rings (SSSR count). The van der Waals surface area contributed by atoms with Crippen LogP contribution in [-0.2, 0) is 0 Å². The second kappa shape index (κ2) is 7.09. The molecular formula is C15H18BrClN4. The molecule has 0 fully saturated rings. The summed E-state index contributed by atoms with van der Waals surface area (Å²) in [4.78, 5) is 8.93. The molecule has 0 unspecified atom stereocenters. The zero-order chi connectivity index (χ0) is 15.4. The number of hydrogen-bond acceptors (Lipinski definition) is 4. The molecule has 0 saturated heterocycles. The van der Waals surface area contributed by atoms with E-state index >= 15 is 0 Å². The summed E-state index contributed by atoms with van der Waals surface area (Å²) in [5.74, 6) is 2.37. The number of halogens is 2. The Morgan fingerprint density at radius 2 is 1.90 bits per heavy atom. The van der Waals surface area contributed by atoms with E-state index in [0.29, 0.717) is 5.02 Å². The van der Waals surface area contributed by atoms with Crippen molar-refractivity contribution in [1.29, 1.82) is 0 Å². The van der Waals surface area contributed by atoms with E-state index in [4.69, 9.17) is 11.6 Å². The van der Waals surface area contributed by atoms with Crippen molar-refractivity contribution in [3.05, 3.63) is 39.1 Å². The lowest BCUT2D eigenvalue weighted by atomic mass is 10.2. The lowest BCUT2D eigenvalue weighted by molar-refractivity contribution is 0.948. The van der Waals surface area contributed by atoms with Gasteiger partial charge in [0.2, 0.25) is 0 Å². The Labute approximate surface area is 138 Å². The largest absolute Gasteiger partial charge is 0.370 e. The van der Waals surface area contributed by atoms with Crippen LogP contribution in [0.2, 0.25) is 5.02 Å². The minimum absolute atomic E-state index is 0.660. The molecule has 1 heterocycles. The topological polar surface area (TPSA) is 49.8 Å². The molecule has 0 saturated carbocycles. The molecule has 2 aromatic rings. The highest BCUT2D eigenvalue weighted by atomic mass is 79.9. The molecule has 2 N–H and O–H groups in total. The van der Waals surface area contributed by atoms with Crippen molar-refractivity contribution in [2.45, 2.75) is 27.2 Å². The number of anilines is 3. The van der Waals surface area contributed by atoms with E-state index in [1.54, 1.807) is 0 Å². The SMILES string of the molecule is CCCNc1nc(C)nc(Nc2cccc(Cl)c2Br)c1C. The van der Waals surface area contributed by atoms with Crippen molar-refractivity contribution < 1.29 is 0 Å². The third kappa shape index (κ3) is 3.86. The van der Waals surface area contributed by atoms with E-state index < -0.39 is 0 Å². The summed E-state index contributed by atoms with van der Waals surface area (Å²) in [6.45, 7) is 6.89. The fourth-order valence-corrected chi connectivity index (χ4v) is 2.43. The van der Waals surface area contributed by atoms with Crippen molar-refractivity contribution in [1.82, 2.24) is 9.97 Å². The van der Waals surface area contributed by atoms with Gasteiger partial charge in [0, 0.05) is 12.1 Å². The third-order valence-electron chi connectivity index (χ3n) is 3.00. The standard InChI is InChI=1S/C15H18BrClN4/c1-4-8-18-14-9(2)15(20-10(3)19-14)21-12-7-5-6-11(17)13(12)16/h5-7H,4,8H2,1-3H3,(H2,18,19,20,21). The van der Waals surface area contributed by atoms with Gasteiger partial charge < -0.3 is 10.6 Å². The van der Waals surface area contributed by atoms with Gasteiger partial charge in [-0.05, 0) is 48.3 Å². The predicted octanol–water partition coefficient (Wildman–Crippen LogP) is 5.07. The Hall–Kier alpha value is -1.33. The number of nitrogens with zero attached hydrogens (tertiary/aromatic N) is 2. The van der Waals surface area contributed by atoms with Crippen molar-refractivity contribution in [2.24, 2.45) is 0 Å². The molecule has 6 heteroatoms. The van der Waals surface area contributed by atoms with Gasteiger partial charge in [0.15, 0.2) is 0 Å². The first-order valence-corrected chi connectivity index (χ1v) is 8.00. The van der Waals surface area contributed by atoms with Gasteiger partial charge in [-0.15, -0.1) is 0 Å². The lowest BCUT2D eigenvalue weighted by Crippen LogP contribution is -2.09. The fourth-order valence-electron chi connectivity index (χ4n) is 1.89. The number of aryl methyl sites for hydroxylation is 1. The summed E-state index contributed by atoms with van der Waals surface area (Å²) in [7, 11) is 0. The molecule has 0 atom stereocenters. The van der Waals surface area contributed by atoms with Crippen LogP contribution in [0.5, 0.6) is 0 Å². The minimum atomic E-state index is 0.660. The zero-order valence-electron chi connectivity index (χ0n) is 12.3.